The Morgan fingerprint density at radius 3 is 2.34 bits per heavy atom. The highest BCUT2D eigenvalue weighted by molar-refractivity contribution is 6.02. The third-order valence-corrected chi connectivity index (χ3v) is 8.11. The van der Waals surface area contributed by atoms with E-state index in [2.05, 4.69) is 54.0 Å². The van der Waals surface area contributed by atoms with Crippen LogP contribution in [0.4, 0.5) is 16.2 Å². The van der Waals surface area contributed by atoms with E-state index in [1.165, 1.54) is 0 Å². The number of nitrogens with one attached hydrogen (secondary N) is 2. The number of fused-ring (bicyclic) bond motifs is 1. The van der Waals surface area contributed by atoms with Crippen LogP contribution in [0.15, 0.2) is 91.0 Å². The molecule has 2 N–H and O–H groups in total. The molecule has 1 aliphatic rings. The molecule has 0 radical (unpaired) electrons. The Bertz CT molecular complexity index is 1490. The van der Waals surface area contributed by atoms with Crippen molar-refractivity contribution in [2.45, 2.75) is 39.2 Å². The molecule has 1 aliphatic heterocycles. The molecule has 0 saturated carbocycles. The normalized spacial score (nSPS) is 14.6. The molecule has 1 fully saturated rings. The second-order valence-corrected chi connectivity index (χ2v) is 11.1. The molecule has 1 atom stereocenters. The van der Waals surface area contributed by atoms with Gasteiger partial charge in [-0.05, 0) is 83.5 Å². The molecular formula is C35H40N4O2. The highest BCUT2D eigenvalue weighted by atomic mass is 16.2. The molecule has 0 aromatic heterocycles. The van der Waals surface area contributed by atoms with Crippen LogP contribution in [0, 0.1) is 5.92 Å². The van der Waals surface area contributed by atoms with Gasteiger partial charge in [-0.15, -0.1) is 0 Å². The van der Waals surface area contributed by atoms with Crippen molar-refractivity contribution >= 4 is 34.1 Å². The molecule has 41 heavy (non-hydrogen) atoms. The second-order valence-electron chi connectivity index (χ2n) is 11.1. The van der Waals surface area contributed by atoms with Gasteiger partial charge in [-0.1, -0.05) is 80.6 Å². The monoisotopic (exact) mass is 548 g/mol. The van der Waals surface area contributed by atoms with Gasteiger partial charge in [-0.2, -0.15) is 0 Å². The molecule has 0 aliphatic carbocycles. The zero-order chi connectivity index (χ0) is 28.8. The van der Waals surface area contributed by atoms with Crippen LogP contribution in [0.1, 0.15) is 32.3 Å². The summed E-state index contributed by atoms with van der Waals surface area (Å²) in [7, 11) is 1.78. The van der Waals surface area contributed by atoms with Crippen LogP contribution in [0.3, 0.4) is 0 Å². The highest BCUT2D eigenvalue weighted by Crippen LogP contribution is 2.26. The number of urea groups is 1. The number of amides is 3. The number of carbonyl (C=O) groups excluding carboxylic acids is 2. The molecule has 212 valence electrons. The highest BCUT2D eigenvalue weighted by Gasteiger charge is 2.26. The van der Waals surface area contributed by atoms with Gasteiger partial charge in [-0.3, -0.25) is 9.69 Å². The van der Waals surface area contributed by atoms with Crippen molar-refractivity contribution in [3.05, 3.63) is 96.6 Å². The molecule has 4 aromatic rings. The van der Waals surface area contributed by atoms with Crippen molar-refractivity contribution in [2.75, 3.05) is 36.9 Å². The van der Waals surface area contributed by atoms with Crippen LogP contribution in [0.5, 0.6) is 0 Å². The summed E-state index contributed by atoms with van der Waals surface area (Å²) in [5.74, 6) is 0.905. The summed E-state index contributed by atoms with van der Waals surface area (Å²) in [6.07, 6.45) is 2.83. The quantitative estimate of drug-likeness (QED) is 0.250. The zero-order valence-corrected chi connectivity index (χ0v) is 24.3. The molecule has 5 rings (SSSR count). The standard InChI is InChI=1S/C35H40N4O2/c1-4-36-33(34(40)39-20-18-25(2)19-21-39)22-26-12-14-28(15-13-26)30-10-7-11-32(24-30)38(3)35(41)37-31-17-16-27-8-5-6-9-29(27)23-31/h5-17,23-25,33,36H,4,18-22H2,1-3H3,(H,37,41)/t33-/m0/s1. The van der Waals surface area contributed by atoms with Gasteiger partial charge in [-0.25, -0.2) is 4.79 Å². The third kappa shape index (κ3) is 6.95. The van der Waals surface area contributed by atoms with E-state index in [-0.39, 0.29) is 18.0 Å². The fourth-order valence-corrected chi connectivity index (χ4v) is 5.50. The van der Waals surface area contributed by atoms with E-state index in [0.717, 1.165) is 71.3 Å². The first kappa shape index (κ1) is 28.4. The van der Waals surface area contributed by atoms with Crippen LogP contribution in [-0.4, -0.2) is 49.6 Å². The SMILES string of the molecule is CCN[C@@H](Cc1ccc(-c2cccc(N(C)C(=O)Nc3ccc4ccccc4c3)c2)cc1)C(=O)N1CCC(C)CC1. The predicted molar refractivity (Wildman–Crippen MR) is 169 cm³/mol. The number of nitrogens with zero attached hydrogens (tertiary/aromatic N) is 2. The van der Waals surface area contributed by atoms with Gasteiger partial charge < -0.3 is 15.5 Å². The molecule has 1 heterocycles. The summed E-state index contributed by atoms with van der Waals surface area (Å²) in [5, 5.41) is 8.64. The maximum Gasteiger partial charge on any atom is 0.326 e. The minimum absolute atomic E-state index is 0.199. The first-order chi connectivity index (χ1) is 19.9. The van der Waals surface area contributed by atoms with Crippen LogP contribution in [-0.2, 0) is 11.2 Å². The summed E-state index contributed by atoms with van der Waals surface area (Å²) in [5.41, 5.74) is 4.79. The number of hydrogen-bond acceptors (Lipinski definition) is 3. The number of likely N-dealkylation sites (tertiary alicyclic amines) is 1. The van der Waals surface area contributed by atoms with Crippen LogP contribution in [0.25, 0.3) is 21.9 Å². The molecule has 0 bridgehead atoms. The van der Waals surface area contributed by atoms with Crippen molar-refractivity contribution in [3.63, 3.8) is 0 Å². The van der Waals surface area contributed by atoms with Gasteiger partial charge in [0.15, 0.2) is 0 Å². The zero-order valence-electron chi connectivity index (χ0n) is 24.3. The lowest BCUT2D eigenvalue weighted by Crippen LogP contribution is -2.50. The number of piperidine rings is 1. The number of hydrogen-bond donors (Lipinski definition) is 2. The minimum Gasteiger partial charge on any atom is -0.341 e. The van der Waals surface area contributed by atoms with Crippen molar-refractivity contribution < 1.29 is 9.59 Å². The van der Waals surface area contributed by atoms with Gasteiger partial charge in [0, 0.05) is 31.5 Å². The molecule has 6 heteroatoms. The number of benzene rings is 4. The first-order valence-electron chi connectivity index (χ1n) is 14.7. The summed E-state index contributed by atoms with van der Waals surface area (Å²) < 4.78 is 0. The molecule has 3 amide bonds. The van der Waals surface area contributed by atoms with Crippen molar-refractivity contribution in [3.8, 4) is 11.1 Å². The predicted octanol–water partition coefficient (Wildman–Crippen LogP) is 6.95. The molecule has 6 nitrogen and oxygen atoms in total. The molecular weight excluding hydrogens is 508 g/mol. The lowest BCUT2D eigenvalue weighted by molar-refractivity contribution is -0.134. The number of carbonyl (C=O) groups is 2. The Morgan fingerprint density at radius 2 is 1.61 bits per heavy atom. The van der Waals surface area contributed by atoms with Crippen molar-refractivity contribution in [1.82, 2.24) is 10.2 Å². The molecule has 4 aromatic carbocycles. The Morgan fingerprint density at radius 1 is 0.878 bits per heavy atom. The summed E-state index contributed by atoms with van der Waals surface area (Å²) in [4.78, 5) is 30.0. The van der Waals surface area contributed by atoms with E-state index >= 15 is 0 Å². The lowest BCUT2D eigenvalue weighted by atomic mass is 9.97. The molecule has 0 spiro atoms. The van der Waals surface area contributed by atoms with E-state index in [0.29, 0.717) is 12.3 Å². The molecule has 1 saturated heterocycles. The first-order valence-corrected chi connectivity index (χ1v) is 14.7. The Balaban J connectivity index is 1.24. The largest absolute Gasteiger partial charge is 0.341 e. The maximum atomic E-state index is 13.2. The van der Waals surface area contributed by atoms with Crippen LogP contribution >= 0.6 is 0 Å². The third-order valence-electron chi connectivity index (χ3n) is 8.11. The van der Waals surface area contributed by atoms with E-state index in [4.69, 9.17) is 0 Å². The second kappa shape index (κ2) is 13.0. The van der Waals surface area contributed by atoms with Crippen molar-refractivity contribution in [2.24, 2.45) is 5.92 Å². The number of likely N-dealkylation sites (N-methyl/N-ethyl adjacent to an activating group) is 1. The Kier molecular flexibility index (Phi) is 9.00. The van der Waals surface area contributed by atoms with E-state index in [1.807, 2.05) is 66.4 Å². The Hall–Kier alpha value is -4.16. The van der Waals surface area contributed by atoms with Gasteiger partial charge in [0.2, 0.25) is 5.91 Å². The topological polar surface area (TPSA) is 64.7 Å². The van der Waals surface area contributed by atoms with E-state index in [1.54, 1.807) is 11.9 Å². The summed E-state index contributed by atoms with van der Waals surface area (Å²) >= 11 is 0. The number of anilines is 2. The van der Waals surface area contributed by atoms with Gasteiger partial charge in [0.25, 0.3) is 0 Å². The van der Waals surface area contributed by atoms with E-state index < -0.39 is 0 Å². The van der Waals surface area contributed by atoms with Gasteiger partial charge in [0.1, 0.15) is 0 Å². The lowest BCUT2D eigenvalue weighted by Gasteiger charge is -2.33. The van der Waals surface area contributed by atoms with Gasteiger partial charge in [0.05, 0.1) is 6.04 Å². The fraction of sp³-hybridized carbons (Fsp3) is 0.314. The minimum atomic E-state index is -0.211. The molecule has 0 unspecified atom stereocenters. The maximum absolute atomic E-state index is 13.2. The number of rotatable bonds is 8. The summed E-state index contributed by atoms with van der Waals surface area (Å²) in [6.45, 7) is 6.78. The van der Waals surface area contributed by atoms with Crippen LogP contribution in [0.2, 0.25) is 0 Å². The van der Waals surface area contributed by atoms with Crippen LogP contribution < -0.4 is 15.5 Å². The average Bonchev–Trinajstić information content (AvgIpc) is 3.01. The van der Waals surface area contributed by atoms with Gasteiger partial charge >= 0.3 is 6.03 Å². The van der Waals surface area contributed by atoms with E-state index in [9.17, 15) is 9.59 Å². The smallest absolute Gasteiger partial charge is 0.326 e. The average molecular weight is 549 g/mol. The Labute approximate surface area is 243 Å². The van der Waals surface area contributed by atoms with Crippen molar-refractivity contribution in [1.29, 1.82) is 0 Å². The fourth-order valence-electron chi connectivity index (χ4n) is 5.50. The summed E-state index contributed by atoms with van der Waals surface area (Å²) in [6, 6.07) is 30.0.